The summed E-state index contributed by atoms with van der Waals surface area (Å²) in [4.78, 5) is -0.0452. The van der Waals surface area contributed by atoms with Gasteiger partial charge >= 0.3 is 0 Å². The molecular formula is C11H17N3O4S2. The van der Waals surface area contributed by atoms with Crippen LogP contribution in [0.2, 0.25) is 0 Å². The second-order valence-electron chi connectivity index (χ2n) is 4.85. The first-order valence-electron chi connectivity index (χ1n) is 6.10. The van der Waals surface area contributed by atoms with E-state index in [9.17, 15) is 16.8 Å². The molecule has 0 heterocycles. The van der Waals surface area contributed by atoms with Crippen molar-refractivity contribution in [1.29, 1.82) is 0 Å². The van der Waals surface area contributed by atoms with E-state index in [1.54, 1.807) is 13.0 Å². The van der Waals surface area contributed by atoms with E-state index >= 15 is 0 Å². The van der Waals surface area contributed by atoms with Crippen LogP contribution in [0.25, 0.3) is 0 Å². The molecule has 20 heavy (non-hydrogen) atoms. The third-order valence-corrected chi connectivity index (χ3v) is 5.14. The van der Waals surface area contributed by atoms with Crippen LogP contribution in [-0.2, 0) is 20.2 Å². The van der Waals surface area contributed by atoms with Crippen molar-refractivity contribution in [2.45, 2.75) is 36.7 Å². The lowest BCUT2D eigenvalue weighted by atomic mass is 10.1. The van der Waals surface area contributed by atoms with Crippen molar-refractivity contribution in [1.82, 2.24) is 9.44 Å². The number of rotatable bonds is 6. The Labute approximate surface area is 118 Å². The molecule has 1 aromatic carbocycles. The molecule has 0 aromatic heterocycles. The maximum absolute atomic E-state index is 11.8. The fourth-order valence-corrected chi connectivity index (χ4v) is 3.63. The third-order valence-electron chi connectivity index (χ3n) is 2.92. The Bertz CT molecular complexity index is 696. The van der Waals surface area contributed by atoms with Gasteiger partial charge in [0.1, 0.15) is 0 Å². The monoisotopic (exact) mass is 319 g/mol. The predicted molar refractivity (Wildman–Crippen MR) is 74.4 cm³/mol. The molecule has 1 saturated carbocycles. The highest BCUT2D eigenvalue weighted by Gasteiger charge is 2.27. The number of sulfonamides is 1. The Balaban J connectivity index is 2.14. The van der Waals surface area contributed by atoms with Crippen molar-refractivity contribution in [3.8, 4) is 0 Å². The molecule has 0 amide bonds. The van der Waals surface area contributed by atoms with Crippen molar-refractivity contribution in [3.05, 3.63) is 29.8 Å². The standard InChI is InChI=1S/C11H17N3O4S2/c1-8(13-20(17,18)14-10-5-6-10)9-3-2-4-11(7-9)19(12,15)16/h2-4,7-8,10,13-14H,5-6H2,1H3,(H2,12,15,16). The van der Waals surface area contributed by atoms with Gasteiger partial charge in [0.2, 0.25) is 10.0 Å². The molecule has 1 atom stereocenters. The number of nitrogens with one attached hydrogen (secondary N) is 2. The topological polar surface area (TPSA) is 118 Å². The van der Waals surface area contributed by atoms with Gasteiger partial charge in [-0.1, -0.05) is 12.1 Å². The van der Waals surface area contributed by atoms with Gasteiger partial charge in [0, 0.05) is 12.1 Å². The minimum atomic E-state index is -3.80. The van der Waals surface area contributed by atoms with Crippen LogP contribution in [-0.4, -0.2) is 22.9 Å². The lowest BCUT2D eigenvalue weighted by molar-refractivity contribution is 0.551. The summed E-state index contributed by atoms with van der Waals surface area (Å²) in [5.41, 5.74) is 0.526. The summed E-state index contributed by atoms with van der Waals surface area (Å²) in [6.07, 6.45) is 1.69. The average molecular weight is 319 g/mol. The van der Waals surface area contributed by atoms with Crippen molar-refractivity contribution in [2.75, 3.05) is 0 Å². The van der Waals surface area contributed by atoms with E-state index in [0.717, 1.165) is 12.8 Å². The first kappa shape index (κ1) is 15.4. The highest BCUT2D eigenvalue weighted by molar-refractivity contribution is 7.89. The first-order chi connectivity index (χ1) is 9.17. The second kappa shape index (κ2) is 5.41. The Morgan fingerprint density at radius 2 is 1.90 bits per heavy atom. The molecule has 112 valence electrons. The SMILES string of the molecule is CC(NS(=O)(=O)NC1CC1)c1cccc(S(N)(=O)=O)c1. The van der Waals surface area contributed by atoms with E-state index in [1.807, 2.05) is 0 Å². The molecule has 0 spiro atoms. The van der Waals surface area contributed by atoms with Crippen LogP contribution in [0.15, 0.2) is 29.2 Å². The van der Waals surface area contributed by atoms with Gasteiger partial charge in [-0.2, -0.15) is 17.9 Å². The zero-order valence-electron chi connectivity index (χ0n) is 10.9. The van der Waals surface area contributed by atoms with Crippen molar-refractivity contribution in [2.24, 2.45) is 5.14 Å². The molecule has 0 aliphatic heterocycles. The molecule has 1 fully saturated rings. The number of nitrogens with two attached hydrogens (primary N) is 1. The number of benzene rings is 1. The zero-order chi connectivity index (χ0) is 15.0. The lowest BCUT2D eigenvalue weighted by Gasteiger charge is -2.15. The maximum atomic E-state index is 11.8. The minimum absolute atomic E-state index is 0.00968. The molecule has 2 rings (SSSR count). The summed E-state index contributed by atoms with van der Waals surface area (Å²) < 4.78 is 51.1. The van der Waals surface area contributed by atoms with Crippen LogP contribution in [0, 0.1) is 0 Å². The first-order valence-corrected chi connectivity index (χ1v) is 9.13. The van der Waals surface area contributed by atoms with Gasteiger partial charge in [-0.05, 0) is 37.5 Å². The molecule has 7 nitrogen and oxygen atoms in total. The van der Waals surface area contributed by atoms with Crippen molar-refractivity contribution < 1.29 is 16.8 Å². The number of hydrogen-bond acceptors (Lipinski definition) is 4. The van der Waals surface area contributed by atoms with Crippen LogP contribution >= 0.6 is 0 Å². The quantitative estimate of drug-likeness (QED) is 0.683. The zero-order valence-corrected chi connectivity index (χ0v) is 12.5. The molecular weight excluding hydrogens is 302 g/mol. The van der Waals surface area contributed by atoms with E-state index < -0.39 is 26.3 Å². The molecule has 4 N–H and O–H groups in total. The van der Waals surface area contributed by atoms with Gasteiger partial charge < -0.3 is 0 Å². The van der Waals surface area contributed by atoms with Gasteiger partial charge in [-0.15, -0.1) is 0 Å². The fourth-order valence-electron chi connectivity index (χ4n) is 1.72. The summed E-state index contributed by atoms with van der Waals surface area (Å²) in [7, 11) is -7.40. The minimum Gasteiger partial charge on any atom is -0.225 e. The van der Waals surface area contributed by atoms with Crippen LogP contribution in [0.5, 0.6) is 0 Å². The summed E-state index contributed by atoms with van der Waals surface area (Å²) in [6.45, 7) is 1.63. The van der Waals surface area contributed by atoms with E-state index in [2.05, 4.69) is 9.44 Å². The Hall–Kier alpha value is -1.00. The van der Waals surface area contributed by atoms with E-state index in [0.29, 0.717) is 5.56 Å². The molecule has 0 bridgehead atoms. The number of primary sulfonamides is 1. The predicted octanol–water partition coefficient (Wildman–Crippen LogP) is -0.0186. The molecule has 0 radical (unpaired) electrons. The normalized spacial score (nSPS) is 17.9. The summed E-state index contributed by atoms with van der Waals surface area (Å²) in [5, 5.41) is 5.05. The lowest BCUT2D eigenvalue weighted by Crippen LogP contribution is -2.39. The fraction of sp³-hybridized carbons (Fsp3) is 0.455. The molecule has 1 aliphatic rings. The molecule has 1 unspecified atom stereocenters. The summed E-state index contributed by atoms with van der Waals surface area (Å²) in [5.74, 6) is 0. The average Bonchev–Trinajstić information content (AvgIpc) is 3.10. The van der Waals surface area contributed by atoms with Crippen LogP contribution in [0.4, 0.5) is 0 Å². The number of hydrogen-bond donors (Lipinski definition) is 3. The van der Waals surface area contributed by atoms with Crippen molar-refractivity contribution in [3.63, 3.8) is 0 Å². The molecule has 9 heteroatoms. The van der Waals surface area contributed by atoms with E-state index in [1.165, 1.54) is 18.2 Å². The Morgan fingerprint density at radius 3 is 2.45 bits per heavy atom. The molecule has 1 aliphatic carbocycles. The highest BCUT2D eigenvalue weighted by Crippen LogP contribution is 2.21. The molecule has 1 aromatic rings. The van der Waals surface area contributed by atoms with Gasteiger partial charge in [-0.25, -0.2) is 13.6 Å². The van der Waals surface area contributed by atoms with Crippen LogP contribution in [0.1, 0.15) is 31.4 Å². The summed E-state index contributed by atoms with van der Waals surface area (Å²) >= 11 is 0. The van der Waals surface area contributed by atoms with Gasteiger partial charge in [0.25, 0.3) is 10.2 Å². The third kappa shape index (κ3) is 4.25. The highest BCUT2D eigenvalue weighted by atomic mass is 32.2. The smallest absolute Gasteiger partial charge is 0.225 e. The second-order valence-corrected chi connectivity index (χ2v) is 7.89. The van der Waals surface area contributed by atoms with Crippen LogP contribution in [0.3, 0.4) is 0 Å². The maximum Gasteiger partial charge on any atom is 0.277 e. The van der Waals surface area contributed by atoms with E-state index in [-0.39, 0.29) is 10.9 Å². The summed E-state index contributed by atoms with van der Waals surface area (Å²) in [6, 6.07) is 5.33. The molecule has 0 saturated heterocycles. The van der Waals surface area contributed by atoms with Gasteiger partial charge in [0.05, 0.1) is 4.90 Å². The van der Waals surface area contributed by atoms with E-state index in [4.69, 9.17) is 5.14 Å². The van der Waals surface area contributed by atoms with Crippen LogP contribution < -0.4 is 14.6 Å². The van der Waals surface area contributed by atoms with Crippen molar-refractivity contribution >= 4 is 20.2 Å². The van der Waals surface area contributed by atoms with Gasteiger partial charge in [-0.3, -0.25) is 0 Å². The van der Waals surface area contributed by atoms with Gasteiger partial charge in [0.15, 0.2) is 0 Å². The Kier molecular flexibility index (Phi) is 4.17. The Morgan fingerprint density at radius 1 is 1.25 bits per heavy atom. The largest absolute Gasteiger partial charge is 0.277 e.